The summed E-state index contributed by atoms with van der Waals surface area (Å²) in [6.45, 7) is 2.75. The van der Waals surface area contributed by atoms with Crippen LogP contribution in [0.1, 0.15) is 21.6 Å². The lowest BCUT2D eigenvalue weighted by Gasteiger charge is -2.08. The molecule has 1 N–H and O–H groups in total. The van der Waals surface area contributed by atoms with E-state index >= 15 is 0 Å². The zero-order chi connectivity index (χ0) is 20.9. The van der Waals surface area contributed by atoms with Gasteiger partial charge in [0.05, 0.1) is 6.54 Å². The van der Waals surface area contributed by atoms with Crippen LogP contribution < -0.4 is 10.1 Å². The predicted molar refractivity (Wildman–Crippen MR) is 115 cm³/mol. The van der Waals surface area contributed by atoms with Crippen LogP contribution in [-0.2, 0) is 13.3 Å². The van der Waals surface area contributed by atoms with Gasteiger partial charge >= 0.3 is 0 Å². The molecule has 0 saturated heterocycles. The topological polar surface area (TPSA) is 74.0 Å². The first-order valence-electron chi connectivity index (χ1n) is 9.38. The Kier molecular flexibility index (Phi) is 5.81. The number of carbonyl (C=O) groups excluding carboxylic acids is 1. The van der Waals surface area contributed by atoms with Crippen LogP contribution in [0, 0.1) is 6.92 Å². The Hall–Kier alpha value is -3.58. The van der Waals surface area contributed by atoms with E-state index in [-0.39, 0.29) is 18.3 Å². The number of halogens is 1. The summed E-state index contributed by atoms with van der Waals surface area (Å²) in [5, 5.41) is 12.1. The molecule has 7 nitrogen and oxygen atoms in total. The fraction of sp³-hybridized carbons (Fsp3) is 0.136. The van der Waals surface area contributed by atoms with Gasteiger partial charge in [0.1, 0.15) is 5.75 Å². The summed E-state index contributed by atoms with van der Waals surface area (Å²) in [4.78, 5) is 12.5. The number of para-hydroxylation sites is 1. The largest absolute Gasteiger partial charge is 0.471 e. The predicted octanol–water partition coefficient (Wildman–Crippen LogP) is 4.38. The summed E-state index contributed by atoms with van der Waals surface area (Å²) < 4.78 is 9.05. The van der Waals surface area contributed by atoms with Crippen molar-refractivity contribution in [2.75, 3.05) is 5.32 Å². The van der Waals surface area contributed by atoms with Crippen molar-refractivity contribution < 1.29 is 9.53 Å². The highest BCUT2D eigenvalue weighted by Crippen LogP contribution is 2.17. The molecule has 4 aromatic rings. The van der Waals surface area contributed by atoms with Crippen LogP contribution in [-0.4, -0.2) is 25.5 Å². The van der Waals surface area contributed by atoms with Crippen LogP contribution in [0.4, 0.5) is 5.82 Å². The highest BCUT2D eigenvalue weighted by Gasteiger charge is 2.12. The van der Waals surface area contributed by atoms with Crippen molar-refractivity contribution in [3.63, 3.8) is 0 Å². The Morgan fingerprint density at radius 1 is 1.03 bits per heavy atom. The van der Waals surface area contributed by atoms with E-state index in [0.717, 1.165) is 16.9 Å². The van der Waals surface area contributed by atoms with Gasteiger partial charge < -0.3 is 10.1 Å². The molecule has 0 aliphatic rings. The molecule has 0 spiro atoms. The van der Waals surface area contributed by atoms with Crippen molar-refractivity contribution in [3.05, 3.63) is 94.9 Å². The van der Waals surface area contributed by atoms with E-state index in [2.05, 4.69) is 15.5 Å². The van der Waals surface area contributed by atoms with Gasteiger partial charge in [0.15, 0.2) is 18.2 Å². The first kappa shape index (κ1) is 19.7. The number of rotatable bonds is 7. The molecule has 0 aliphatic carbocycles. The SMILES string of the molecule is Cc1ccccc1OCn1ccc(C(=O)Nc2ccn(Cc3cccc(Cl)c3)n2)n1. The molecule has 4 rings (SSSR count). The molecule has 2 heterocycles. The maximum atomic E-state index is 12.5. The molecule has 8 heteroatoms. The standard InChI is InChI=1S/C22H20ClN5O2/c1-16-5-2-3-8-20(16)30-15-28-11-9-19(25-28)22(29)24-21-10-12-27(26-21)14-17-6-4-7-18(23)13-17/h2-13H,14-15H2,1H3,(H,24,26,29). The number of anilines is 1. The second-order valence-corrected chi connectivity index (χ2v) is 7.20. The molecule has 1 amide bonds. The third-order valence-electron chi connectivity index (χ3n) is 4.44. The van der Waals surface area contributed by atoms with Gasteiger partial charge in [-0.2, -0.15) is 10.2 Å². The quantitative estimate of drug-likeness (QED) is 0.480. The van der Waals surface area contributed by atoms with E-state index in [0.29, 0.717) is 17.4 Å². The minimum atomic E-state index is -0.336. The Balaban J connectivity index is 1.34. The van der Waals surface area contributed by atoms with Gasteiger partial charge in [0.2, 0.25) is 0 Å². The van der Waals surface area contributed by atoms with Gasteiger partial charge in [-0.05, 0) is 42.3 Å². The lowest BCUT2D eigenvalue weighted by Crippen LogP contribution is -2.15. The third kappa shape index (κ3) is 4.87. The highest BCUT2D eigenvalue weighted by molar-refractivity contribution is 6.30. The summed E-state index contributed by atoms with van der Waals surface area (Å²) >= 11 is 6.02. The fourth-order valence-electron chi connectivity index (χ4n) is 2.93. The van der Waals surface area contributed by atoms with Crippen LogP contribution in [0.3, 0.4) is 0 Å². The van der Waals surface area contributed by atoms with E-state index in [4.69, 9.17) is 16.3 Å². The van der Waals surface area contributed by atoms with Crippen LogP contribution >= 0.6 is 11.6 Å². The molecule has 2 aromatic carbocycles. The number of carbonyl (C=O) groups is 1. The van der Waals surface area contributed by atoms with Crippen molar-refractivity contribution in [1.82, 2.24) is 19.6 Å². The van der Waals surface area contributed by atoms with Crippen molar-refractivity contribution >= 4 is 23.3 Å². The summed E-state index contributed by atoms with van der Waals surface area (Å²) in [6, 6.07) is 18.7. The van der Waals surface area contributed by atoms with Gasteiger partial charge in [0, 0.05) is 23.5 Å². The summed E-state index contributed by atoms with van der Waals surface area (Å²) in [7, 11) is 0. The highest BCUT2D eigenvalue weighted by atomic mass is 35.5. The Morgan fingerprint density at radius 3 is 2.70 bits per heavy atom. The van der Waals surface area contributed by atoms with Crippen LogP contribution in [0.25, 0.3) is 0 Å². The summed E-state index contributed by atoms with van der Waals surface area (Å²) in [6.07, 6.45) is 3.50. The zero-order valence-electron chi connectivity index (χ0n) is 16.3. The number of ether oxygens (including phenoxy) is 1. The lowest BCUT2D eigenvalue weighted by molar-refractivity contribution is 0.101. The van der Waals surface area contributed by atoms with Crippen molar-refractivity contribution in [1.29, 1.82) is 0 Å². The van der Waals surface area contributed by atoms with Gasteiger partial charge in [-0.25, -0.2) is 4.68 Å². The van der Waals surface area contributed by atoms with E-state index in [9.17, 15) is 4.79 Å². The first-order chi connectivity index (χ1) is 14.6. The molecular weight excluding hydrogens is 402 g/mol. The van der Waals surface area contributed by atoms with E-state index in [1.807, 2.05) is 55.5 Å². The average molecular weight is 422 g/mol. The molecule has 0 radical (unpaired) electrons. The first-order valence-corrected chi connectivity index (χ1v) is 9.76. The molecule has 152 valence electrons. The number of aromatic nitrogens is 4. The Labute approximate surface area is 178 Å². The molecule has 0 unspecified atom stereocenters. The van der Waals surface area contributed by atoms with Gasteiger partial charge in [-0.1, -0.05) is 41.9 Å². The third-order valence-corrected chi connectivity index (χ3v) is 4.67. The summed E-state index contributed by atoms with van der Waals surface area (Å²) in [5.74, 6) is 0.898. The van der Waals surface area contributed by atoms with E-state index < -0.39 is 0 Å². The van der Waals surface area contributed by atoms with Gasteiger partial charge in [0.25, 0.3) is 5.91 Å². The minimum absolute atomic E-state index is 0.215. The van der Waals surface area contributed by atoms with Crippen LogP contribution in [0.2, 0.25) is 5.02 Å². The number of benzene rings is 2. The normalized spacial score (nSPS) is 10.7. The molecular formula is C22H20ClN5O2. The zero-order valence-corrected chi connectivity index (χ0v) is 17.1. The second kappa shape index (κ2) is 8.84. The van der Waals surface area contributed by atoms with Crippen molar-refractivity contribution in [2.24, 2.45) is 0 Å². The molecule has 0 bridgehead atoms. The number of hydrogen-bond acceptors (Lipinski definition) is 4. The van der Waals surface area contributed by atoms with Crippen LogP contribution in [0.15, 0.2) is 73.1 Å². The Bertz CT molecular complexity index is 1170. The summed E-state index contributed by atoms with van der Waals surface area (Å²) in [5.41, 5.74) is 2.35. The fourth-order valence-corrected chi connectivity index (χ4v) is 3.14. The molecule has 30 heavy (non-hydrogen) atoms. The number of amides is 1. The smallest absolute Gasteiger partial charge is 0.277 e. The molecule has 0 saturated carbocycles. The molecule has 0 atom stereocenters. The van der Waals surface area contributed by atoms with E-state index in [1.165, 1.54) is 0 Å². The molecule has 2 aromatic heterocycles. The minimum Gasteiger partial charge on any atom is -0.471 e. The van der Waals surface area contributed by atoms with Gasteiger partial charge in [-0.3, -0.25) is 9.48 Å². The lowest BCUT2D eigenvalue weighted by atomic mass is 10.2. The van der Waals surface area contributed by atoms with Crippen molar-refractivity contribution in [2.45, 2.75) is 20.2 Å². The average Bonchev–Trinajstić information content (AvgIpc) is 3.37. The number of aryl methyl sites for hydroxylation is 1. The number of nitrogens with one attached hydrogen (secondary N) is 1. The van der Waals surface area contributed by atoms with Crippen LogP contribution in [0.5, 0.6) is 5.75 Å². The maximum Gasteiger partial charge on any atom is 0.277 e. The number of hydrogen-bond donors (Lipinski definition) is 1. The molecule has 0 aliphatic heterocycles. The van der Waals surface area contributed by atoms with E-state index in [1.54, 1.807) is 33.9 Å². The Morgan fingerprint density at radius 2 is 1.87 bits per heavy atom. The maximum absolute atomic E-state index is 12.5. The monoisotopic (exact) mass is 421 g/mol. The number of nitrogens with zero attached hydrogens (tertiary/aromatic N) is 4. The van der Waals surface area contributed by atoms with Gasteiger partial charge in [-0.15, -0.1) is 0 Å². The second-order valence-electron chi connectivity index (χ2n) is 6.76. The van der Waals surface area contributed by atoms with Crippen molar-refractivity contribution in [3.8, 4) is 5.75 Å². The molecule has 0 fully saturated rings.